The molecule has 8 heteroatoms. The average Bonchev–Trinajstić information content (AvgIpc) is 3.19. The van der Waals surface area contributed by atoms with Gasteiger partial charge in [0.2, 0.25) is 0 Å². The number of fused-ring (bicyclic) bond motifs is 1. The predicted octanol–water partition coefficient (Wildman–Crippen LogP) is 2.26. The van der Waals surface area contributed by atoms with Crippen LogP contribution in [0.2, 0.25) is 0 Å². The van der Waals surface area contributed by atoms with Crippen molar-refractivity contribution in [3.8, 4) is 5.75 Å². The standard InChI is InChI=1S/C19H17NO7/c1-11(20-18(22)15-4-3-7-25-15)19(23)26-10-12-8-17(21)27-16-9-13(24-2)5-6-14(12)16/h3-9,11H,10H2,1-2H3,(H,20,22)/t11-/m0/s1. The minimum atomic E-state index is -0.894. The molecule has 2 aromatic heterocycles. The molecule has 1 atom stereocenters. The Labute approximate surface area is 153 Å². The van der Waals surface area contributed by atoms with Crippen molar-refractivity contribution in [2.24, 2.45) is 0 Å². The van der Waals surface area contributed by atoms with Gasteiger partial charge in [-0.1, -0.05) is 0 Å². The SMILES string of the molecule is COc1ccc2c(COC(=O)[C@H](C)NC(=O)c3ccco3)cc(=O)oc2c1. The van der Waals surface area contributed by atoms with Crippen molar-refractivity contribution in [2.45, 2.75) is 19.6 Å². The number of carbonyl (C=O) groups is 2. The lowest BCUT2D eigenvalue weighted by molar-refractivity contribution is -0.146. The number of amides is 1. The first kappa shape index (κ1) is 18.2. The number of rotatable bonds is 6. The predicted molar refractivity (Wildman–Crippen MR) is 94.5 cm³/mol. The number of esters is 1. The molecule has 2 heterocycles. The first-order valence-corrected chi connectivity index (χ1v) is 8.09. The number of hydrogen-bond donors (Lipinski definition) is 1. The Balaban J connectivity index is 1.69. The van der Waals surface area contributed by atoms with Gasteiger partial charge in [-0.25, -0.2) is 9.59 Å². The largest absolute Gasteiger partial charge is 0.497 e. The highest BCUT2D eigenvalue weighted by molar-refractivity contribution is 5.94. The van der Waals surface area contributed by atoms with E-state index in [1.165, 1.54) is 32.4 Å². The van der Waals surface area contributed by atoms with Crippen LogP contribution in [0.15, 0.2) is 56.3 Å². The van der Waals surface area contributed by atoms with Crippen LogP contribution in [0.1, 0.15) is 23.0 Å². The Hall–Kier alpha value is -3.55. The normalized spacial score (nSPS) is 11.8. The zero-order chi connectivity index (χ0) is 19.4. The lowest BCUT2D eigenvalue weighted by atomic mass is 10.1. The van der Waals surface area contributed by atoms with Crippen LogP contribution in [-0.2, 0) is 16.1 Å². The van der Waals surface area contributed by atoms with Crippen molar-refractivity contribution in [1.29, 1.82) is 0 Å². The van der Waals surface area contributed by atoms with Crippen LogP contribution in [0.4, 0.5) is 0 Å². The number of carbonyl (C=O) groups excluding carboxylic acids is 2. The first-order chi connectivity index (χ1) is 13.0. The summed E-state index contributed by atoms with van der Waals surface area (Å²) in [7, 11) is 1.50. The second-order valence-electron chi connectivity index (χ2n) is 5.73. The number of nitrogens with one attached hydrogen (secondary N) is 1. The second kappa shape index (κ2) is 7.77. The van der Waals surface area contributed by atoms with Gasteiger partial charge in [0.25, 0.3) is 5.91 Å². The molecule has 140 valence electrons. The zero-order valence-electron chi connectivity index (χ0n) is 14.7. The Bertz CT molecular complexity index is 1020. The van der Waals surface area contributed by atoms with E-state index in [0.29, 0.717) is 22.3 Å². The maximum Gasteiger partial charge on any atom is 0.336 e. The molecule has 0 aliphatic rings. The molecule has 0 aliphatic heterocycles. The van der Waals surface area contributed by atoms with Crippen LogP contribution in [-0.4, -0.2) is 25.0 Å². The summed E-state index contributed by atoms with van der Waals surface area (Å²) in [6.07, 6.45) is 1.36. The summed E-state index contributed by atoms with van der Waals surface area (Å²) in [5.41, 5.74) is 0.245. The van der Waals surface area contributed by atoms with Gasteiger partial charge in [-0.2, -0.15) is 0 Å². The van der Waals surface area contributed by atoms with Gasteiger partial charge < -0.3 is 23.6 Å². The minimum absolute atomic E-state index is 0.0928. The summed E-state index contributed by atoms with van der Waals surface area (Å²) in [6.45, 7) is 1.35. The molecule has 1 amide bonds. The van der Waals surface area contributed by atoms with Crippen molar-refractivity contribution >= 4 is 22.8 Å². The van der Waals surface area contributed by atoms with Crippen LogP contribution >= 0.6 is 0 Å². The highest BCUT2D eigenvalue weighted by Gasteiger charge is 2.20. The topological polar surface area (TPSA) is 108 Å². The third kappa shape index (κ3) is 4.17. The highest BCUT2D eigenvalue weighted by Crippen LogP contribution is 2.23. The number of hydrogen-bond acceptors (Lipinski definition) is 7. The quantitative estimate of drug-likeness (QED) is 0.523. The molecule has 3 aromatic rings. The van der Waals surface area contributed by atoms with Crippen LogP contribution in [0, 0.1) is 0 Å². The third-order valence-electron chi connectivity index (χ3n) is 3.85. The molecular weight excluding hydrogens is 354 g/mol. The summed E-state index contributed by atoms with van der Waals surface area (Å²) in [6, 6.07) is 8.41. The van der Waals surface area contributed by atoms with E-state index in [1.807, 2.05) is 0 Å². The van der Waals surface area contributed by atoms with Gasteiger partial charge in [0.05, 0.1) is 13.4 Å². The van der Waals surface area contributed by atoms with Crippen molar-refractivity contribution in [3.05, 3.63) is 64.4 Å². The molecule has 27 heavy (non-hydrogen) atoms. The van der Waals surface area contributed by atoms with E-state index >= 15 is 0 Å². The highest BCUT2D eigenvalue weighted by atomic mass is 16.5. The van der Waals surface area contributed by atoms with Crippen LogP contribution in [0.3, 0.4) is 0 Å². The van der Waals surface area contributed by atoms with Crippen molar-refractivity contribution in [3.63, 3.8) is 0 Å². The molecule has 0 saturated carbocycles. The zero-order valence-corrected chi connectivity index (χ0v) is 14.7. The van der Waals surface area contributed by atoms with E-state index in [-0.39, 0.29) is 12.4 Å². The molecule has 0 fully saturated rings. The van der Waals surface area contributed by atoms with E-state index in [4.69, 9.17) is 18.3 Å². The van der Waals surface area contributed by atoms with E-state index in [9.17, 15) is 14.4 Å². The Morgan fingerprint density at radius 2 is 2.04 bits per heavy atom. The van der Waals surface area contributed by atoms with Gasteiger partial charge in [-0.15, -0.1) is 0 Å². The molecule has 0 aliphatic carbocycles. The van der Waals surface area contributed by atoms with Gasteiger partial charge in [0.1, 0.15) is 24.0 Å². The monoisotopic (exact) mass is 371 g/mol. The summed E-state index contributed by atoms with van der Waals surface area (Å²) < 4.78 is 20.5. The Morgan fingerprint density at radius 1 is 1.22 bits per heavy atom. The van der Waals surface area contributed by atoms with Gasteiger partial charge >= 0.3 is 11.6 Å². The molecule has 1 N–H and O–H groups in total. The number of methoxy groups -OCH3 is 1. The molecule has 0 spiro atoms. The summed E-state index contributed by atoms with van der Waals surface area (Å²) >= 11 is 0. The fourth-order valence-electron chi connectivity index (χ4n) is 2.46. The van der Waals surface area contributed by atoms with E-state index in [2.05, 4.69) is 5.32 Å². The summed E-state index contributed by atoms with van der Waals surface area (Å²) in [4.78, 5) is 35.8. The smallest absolute Gasteiger partial charge is 0.336 e. The molecule has 8 nitrogen and oxygen atoms in total. The molecule has 0 unspecified atom stereocenters. The number of ether oxygens (including phenoxy) is 2. The maximum absolute atomic E-state index is 12.2. The number of benzene rings is 1. The van der Waals surface area contributed by atoms with Crippen molar-refractivity contribution < 1.29 is 27.9 Å². The van der Waals surface area contributed by atoms with E-state index in [0.717, 1.165) is 0 Å². The molecule has 1 aromatic carbocycles. The molecule has 0 radical (unpaired) electrons. The van der Waals surface area contributed by atoms with Gasteiger partial charge in [-0.3, -0.25) is 4.79 Å². The fourth-order valence-corrected chi connectivity index (χ4v) is 2.46. The molecule has 3 rings (SSSR count). The van der Waals surface area contributed by atoms with Crippen molar-refractivity contribution in [1.82, 2.24) is 5.32 Å². The van der Waals surface area contributed by atoms with Crippen LogP contribution in [0.5, 0.6) is 5.75 Å². The Kier molecular flexibility index (Phi) is 5.25. The van der Waals surface area contributed by atoms with Gasteiger partial charge in [0, 0.05) is 23.1 Å². The lowest BCUT2D eigenvalue weighted by Crippen LogP contribution is -2.39. The third-order valence-corrected chi connectivity index (χ3v) is 3.85. The van der Waals surface area contributed by atoms with E-state index < -0.39 is 23.5 Å². The lowest BCUT2D eigenvalue weighted by Gasteiger charge is -2.13. The Morgan fingerprint density at radius 3 is 2.74 bits per heavy atom. The van der Waals surface area contributed by atoms with Crippen LogP contribution in [0.25, 0.3) is 11.0 Å². The van der Waals surface area contributed by atoms with E-state index in [1.54, 1.807) is 24.3 Å². The first-order valence-electron chi connectivity index (χ1n) is 8.09. The molecule has 0 bridgehead atoms. The fraction of sp³-hybridized carbons (Fsp3) is 0.211. The van der Waals surface area contributed by atoms with Gasteiger partial charge in [0.15, 0.2) is 5.76 Å². The van der Waals surface area contributed by atoms with Crippen LogP contribution < -0.4 is 15.7 Å². The molecule has 0 saturated heterocycles. The summed E-state index contributed by atoms with van der Waals surface area (Å²) in [5.74, 6) is -0.545. The number of furan rings is 1. The van der Waals surface area contributed by atoms with Gasteiger partial charge in [-0.05, 0) is 31.2 Å². The minimum Gasteiger partial charge on any atom is -0.497 e. The van der Waals surface area contributed by atoms with Crippen molar-refractivity contribution in [2.75, 3.05) is 7.11 Å². The average molecular weight is 371 g/mol. The molecular formula is C19H17NO7. The summed E-state index contributed by atoms with van der Waals surface area (Å²) in [5, 5.41) is 3.10. The maximum atomic E-state index is 12.2. The second-order valence-corrected chi connectivity index (χ2v) is 5.73.